The fraction of sp³-hybridized carbons (Fsp3) is 0.0455. The molecule has 0 amide bonds. The molecule has 0 bridgehead atoms. The molecule has 0 radical (unpaired) electrons. The molecule has 2 aromatic carbocycles. The van der Waals surface area contributed by atoms with Gasteiger partial charge in [-0.1, -0.05) is 47.5 Å². The van der Waals surface area contributed by atoms with Gasteiger partial charge in [-0.3, -0.25) is 0 Å². The third kappa shape index (κ3) is 3.04. The van der Waals surface area contributed by atoms with Gasteiger partial charge in [0, 0.05) is 16.2 Å². The van der Waals surface area contributed by atoms with E-state index in [-0.39, 0.29) is 0 Å². The van der Waals surface area contributed by atoms with Crippen molar-refractivity contribution in [3.63, 3.8) is 0 Å². The Labute approximate surface area is 167 Å². The monoisotopic (exact) mass is 392 g/mol. The predicted octanol–water partition coefficient (Wildman–Crippen LogP) is 6.46. The first kappa shape index (κ1) is 17.5. The van der Waals surface area contributed by atoms with Crippen LogP contribution in [0.4, 0.5) is 0 Å². The average Bonchev–Trinajstić information content (AvgIpc) is 3.02. The molecule has 27 heavy (non-hydrogen) atoms. The van der Waals surface area contributed by atoms with E-state index in [1.165, 1.54) is 0 Å². The zero-order valence-corrected chi connectivity index (χ0v) is 15.9. The van der Waals surface area contributed by atoms with Gasteiger partial charge < -0.3 is 9.14 Å². The largest absolute Gasteiger partial charge is 0.494 e. The maximum absolute atomic E-state index is 9.30. The van der Waals surface area contributed by atoms with E-state index in [1.807, 2.05) is 65.2 Å². The smallest absolute Gasteiger partial charge is 0.152 e. The lowest BCUT2D eigenvalue weighted by Crippen LogP contribution is -1.90. The Morgan fingerprint density at radius 1 is 0.889 bits per heavy atom. The molecule has 0 fully saturated rings. The van der Waals surface area contributed by atoms with Crippen molar-refractivity contribution in [1.29, 1.82) is 5.26 Å². The van der Waals surface area contributed by atoms with Crippen LogP contribution in [0.25, 0.3) is 27.9 Å². The number of hydrogen-bond donors (Lipinski definition) is 0. The molecule has 4 rings (SSSR count). The minimum absolute atomic E-state index is 0.573. The van der Waals surface area contributed by atoms with E-state index in [4.69, 9.17) is 27.9 Å². The number of hydrogen-bond acceptors (Lipinski definition) is 2. The maximum atomic E-state index is 9.30. The molecule has 4 aromatic rings. The Balaban J connectivity index is 2.12. The number of rotatable bonds is 3. The van der Waals surface area contributed by atoms with Crippen LogP contribution in [0.1, 0.15) is 5.56 Å². The summed E-state index contributed by atoms with van der Waals surface area (Å²) in [7, 11) is 1.64. The molecule has 0 N–H and O–H groups in total. The number of aromatic nitrogens is 1. The van der Waals surface area contributed by atoms with Crippen molar-refractivity contribution in [3.05, 3.63) is 82.5 Å². The molecule has 3 nitrogen and oxygen atoms in total. The molecular formula is C22H14Cl2N2O. The van der Waals surface area contributed by atoms with Crippen molar-refractivity contribution < 1.29 is 4.74 Å². The molecule has 2 aromatic heterocycles. The van der Waals surface area contributed by atoms with E-state index in [1.54, 1.807) is 13.2 Å². The highest BCUT2D eigenvalue weighted by Gasteiger charge is 2.22. The van der Waals surface area contributed by atoms with Crippen LogP contribution in [-0.4, -0.2) is 11.5 Å². The van der Waals surface area contributed by atoms with Crippen LogP contribution in [0.2, 0.25) is 10.0 Å². The van der Waals surface area contributed by atoms with Gasteiger partial charge in [0.2, 0.25) is 0 Å². The Hall–Kier alpha value is -2.93. The maximum Gasteiger partial charge on any atom is 0.152 e. The summed E-state index contributed by atoms with van der Waals surface area (Å²) in [5, 5.41) is 10.6. The van der Waals surface area contributed by atoms with Crippen LogP contribution >= 0.6 is 23.2 Å². The highest BCUT2D eigenvalue weighted by atomic mass is 35.5. The summed E-state index contributed by atoms with van der Waals surface area (Å²) in [5.41, 5.74) is 5.27. The van der Waals surface area contributed by atoms with Crippen LogP contribution < -0.4 is 4.74 Å². The summed E-state index contributed by atoms with van der Waals surface area (Å²) in [4.78, 5) is 0. The van der Waals surface area contributed by atoms with Gasteiger partial charge >= 0.3 is 0 Å². The second kappa shape index (κ2) is 7.00. The van der Waals surface area contributed by atoms with Crippen molar-refractivity contribution in [3.8, 4) is 34.2 Å². The quantitative estimate of drug-likeness (QED) is 0.401. The van der Waals surface area contributed by atoms with E-state index >= 15 is 0 Å². The first-order valence-electron chi connectivity index (χ1n) is 8.26. The SMILES string of the molecule is COc1c(-c2ccc(Cl)cc2)c(-c2ccc(Cl)cc2)n2ccc(C#N)cc12. The molecule has 0 aliphatic rings. The van der Waals surface area contributed by atoms with Crippen molar-refractivity contribution in [1.82, 2.24) is 4.40 Å². The molecule has 0 atom stereocenters. The van der Waals surface area contributed by atoms with Crippen LogP contribution in [-0.2, 0) is 0 Å². The van der Waals surface area contributed by atoms with Crippen molar-refractivity contribution in [2.75, 3.05) is 7.11 Å². The zero-order chi connectivity index (χ0) is 19.0. The number of halogens is 2. The number of nitriles is 1. The number of benzene rings is 2. The number of pyridine rings is 1. The van der Waals surface area contributed by atoms with Gasteiger partial charge in [0.25, 0.3) is 0 Å². The molecule has 132 valence electrons. The lowest BCUT2D eigenvalue weighted by atomic mass is 10.0. The van der Waals surface area contributed by atoms with Crippen LogP contribution in [0, 0.1) is 11.3 Å². The van der Waals surface area contributed by atoms with Crippen molar-refractivity contribution in [2.45, 2.75) is 0 Å². The molecule has 0 aliphatic heterocycles. The van der Waals surface area contributed by atoms with E-state index in [2.05, 4.69) is 6.07 Å². The molecule has 0 saturated heterocycles. The number of ether oxygens (including phenoxy) is 1. The van der Waals surface area contributed by atoms with E-state index < -0.39 is 0 Å². The Kier molecular flexibility index (Phi) is 4.53. The van der Waals surface area contributed by atoms with E-state index in [0.717, 1.165) is 27.9 Å². The van der Waals surface area contributed by atoms with E-state index in [0.29, 0.717) is 21.4 Å². The Morgan fingerprint density at radius 3 is 2.04 bits per heavy atom. The molecule has 0 unspecified atom stereocenters. The van der Waals surface area contributed by atoms with Crippen molar-refractivity contribution in [2.24, 2.45) is 0 Å². The highest BCUT2D eigenvalue weighted by Crippen LogP contribution is 2.44. The average molecular weight is 393 g/mol. The lowest BCUT2D eigenvalue weighted by Gasteiger charge is -2.09. The number of nitrogens with zero attached hydrogens (tertiary/aromatic N) is 2. The first-order chi connectivity index (χ1) is 13.1. The topological polar surface area (TPSA) is 37.4 Å². The zero-order valence-electron chi connectivity index (χ0n) is 14.4. The molecule has 2 heterocycles. The third-order valence-electron chi connectivity index (χ3n) is 4.48. The van der Waals surface area contributed by atoms with Gasteiger partial charge in [-0.2, -0.15) is 5.26 Å². The molecular weight excluding hydrogens is 379 g/mol. The van der Waals surface area contributed by atoms with Crippen LogP contribution in [0.15, 0.2) is 66.9 Å². The van der Waals surface area contributed by atoms with Gasteiger partial charge in [0.05, 0.1) is 35.5 Å². The normalized spacial score (nSPS) is 10.7. The molecule has 5 heteroatoms. The number of methoxy groups -OCH3 is 1. The van der Waals surface area contributed by atoms with Gasteiger partial charge in [0.15, 0.2) is 5.75 Å². The summed E-state index contributed by atoms with van der Waals surface area (Å²) in [5.74, 6) is 0.708. The van der Waals surface area contributed by atoms with Gasteiger partial charge in [-0.25, -0.2) is 0 Å². The molecule has 0 spiro atoms. The minimum atomic E-state index is 0.573. The first-order valence-corrected chi connectivity index (χ1v) is 9.02. The van der Waals surface area contributed by atoms with E-state index in [9.17, 15) is 5.26 Å². The summed E-state index contributed by atoms with van der Waals surface area (Å²) in [6, 6.07) is 21.1. The predicted molar refractivity (Wildman–Crippen MR) is 110 cm³/mol. The summed E-state index contributed by atoms with van der Waals surface area (Å²) >= 11 is 12.2. The van der Waals surface area contributed by atoms with Gasteiger partial charge in [-0.15, -0.1) is 0 Å². The fourth-order valence-electron chi connectivity index (χ4n) is 3.28. The molecule has 0 saturated carbocycles. The second-order valence-electron chi connectivity index (χ2n) is 6.05. The van der Waals surface area contributed by atoms with Crippen molar-refractivity contribution >= 4 is 28.7 Å². The Morgan fingerprint density at radius 2 is 1.48 bits per heavy atom. The lowest BCUT2D eigenvalue weighted by molar-refractivity contribution is 0.421. The molecule has 0 aliphatic carbocycles. The standard InChI is InChI=1S/C22H14Cl2N2O/c1-27-22-19-12-14(13-25)10-11-26(19)21(16-4-8-18(24)9-5-16)20(22)15-2-6-17(23)7-3-15/h2-12H,1H3. The number of fused-ring (bicyclic) bond motifs is 1. The van der Waals surface area contributed by atoms with Gasteiger partial charge in [0.1, 0.15) is 0 Å². The van der Waals surface area contributed by atoms with Crippen LogP contribution in [0.5, 0.6) is 5.75 Å². The summed E-state index contributed by atoms with van der Waals surface area (Å²) in [6.07, 6.45) is 1.89. The minimum Gasteiger partial charge on any atom is -0.494 e. The van der Waals surface area contributed by atoms with Gasteiger partial charge in [-0.05, 0) is 47.5 Å². The summed E-state index contributed by atoms with van der Waals surface area (Å²) < 4.78 is 7.81. The fourth-order valence-corrected chi connectivity index (χ4v) is 3.53. The second-order valence-corrected chi connectivity index (χ2v) is 6.93. The highest BCUT2D eigenvalue weighted by molar-refractivity contribution is 6.31. The summed E-state index contributed by atoms with van der Waals surface area (Å²) in [6.45, 7) is 0. The van der Waals surface area contributed by atoms with Crippen LogP contribution in [0.3, 0.4) is 0 Å². The Bertz CT molecular complexity index is 1170. The third-order valence-corrected chi connectivity index (χ3v) is 4.98.